The standard InChI is InChI=1S/C14H28O4Si/c1-10(2)17-14(18-11(3)4)19-9-7-6-8-12(5)13(15)16/h8,10-11,14H,6-7,9,19H2,1-5H3,(H,15,16). The molecule has 0 aromatic rings. The minimum absolute atomic E-state index is 0.0236. The molecule has 0 aromatic carbocycles. The number of unbranched alkanes of at least 4 members (excludes halogenated alkanes) is 1. The highest BCUT2D eigenvalue weighted by molar-refractivity contribution is 6.36. The largest absolute Gasteiger partial charge is 0.478 e. The molecule has 0 radical (unpaired) electrons. The van der Waals surface area contributed by atoms with Gasteiger partial charge in [0.1, 0.15) is 5.91 Å². The van der Waals surface area contributed by atoms with Crippen molar-refractivity contribution in [2.45, 2.75) is 71.6 Å². The summed E-state index contributed by atoms with van der Waals surface area (Å²) in [6.07, 6.45) is 3.99. The van der Waals surface area contributed by atoms with Gasteiger partial charge in [-0.2, -0.15) is 0 Å². The van der Waals surface area contributed by atoms with Crippen molar-refractivity contribution in [3.05, 3.63) is 11.6 Å². The molecule has 0 saturated carbocycles. The Kier molecular flexibility index (Phi) is 9.82. The molecule has 0 saturated heterocycles. The molecule has 0 aliphatic carbocycles. The summed E-state index contributed by atoms with van der Waals surface area (Å²) in [5, 5.41) is 8.73. The molecule has 4 nitrogen and oxygen atoms in total. The molecule has 112 valence electrons. The third kappa shape index (κ3) is 10.9. The lowest BCUT2D eigenvalue weighted by Gasteiger charge is -2.22. The van der Waals surface area contributed by atoms with Gasteiger partial charge in [-0.1, -0.05) is 18.5 Å². The van der Waals surface area contributed by atoms with Crippen LogP contribution in [0.3, 0.4) is 0 Å². The van der Waals surface area contributed by atoms with Gasteiger partial charge in [0.15, 0.2) is 0 Å². The molecule has 0 aromatic heterocycles. The van der Waals surface area contributed by atoms with E-state index in [2.05, 4.69) is 0 Å². The molecule has 0 fully saturated rings. The van der Waals surface area contributed by atoms with Gasteiger partial charge in [0.2, 0.25) is 0 Å². The topological polar surface area (TPSA) is 55.8 Å². The van der Waals surface area contributed by atoms with Crippen LogP contribution in [0.15, 0.2) is 11.6 Å². The number of ether oxygens (including phenoxy) is 2. The van der Waals surface area contributed by atoms with E-state index in [4.69, 9.17) is 14.6 Å². The first-order valence-electron chi connectivity index (χ1n) is 7.04. The number of hydrogen-bond donors (Lipinski definition) is 1. The Morgan fingerprint density at radius 3 is 2.16 bits per heavy atom. The summed E-state index contributed by atoms with van der Waals surface area (Å²) in [6.45, 7) is 9.70. The van der Waals surface area contributed by atoms with Crippen molar-refractivity contribution in [3.8, 4) is 0 Å². The maximum absolute atomic E-state index is 10.6. The van der Waals surface area contributed by atoms with Gasteiger partial charge in [-0.05, 0) is 41.0 Å². The molecule has 0 spiro atoms. The molecule has 0 aliphatic rings. The van der Waals surface area contributed by atoms with E-state index in [1.807, 2.05) is 27.7 Å². The van der Waals surface area contributed by atoms with Crippen LogP contribution in [0.2, 0.25) is 6.04 Å². The number of hydrogen-bond acceptors (Lipinski definition) is 3. The fraction of sp³-hybridized carbons (Fsp3) is 0.786. The van der Waals surface area contributed by atoms with Gasteiger partial charge in [0.25, 0.3) is 0 Å². The Morgan fingerprint density at radius 2 is 1.74 bits per heavy atom. The third-order valence-electron chi connectivity index (χ3n) is 2.53. The van der Waals surface area contributed by atoms with Crippen molar-refractivity contribution in [2.75, 3.05) is 0 Å². The van der Waals surface area contributed by atoms with E-state index in [-0.39, 0.29) is 18.1 Å². The van der Waals surface area contributed by atoms with Crippen molar-refractivity contribution in [1.29, 1.82) is 0 Å². The first kappa shape index (κ1) is 18.3. The van der Waals surface area contributed by atoms with Gasteiger partial charge in [-0.25, -0.2) is 4.79 Å². The second kappa shape index (κ2) is 10.2. The van der Waals surface area contributed by atoms with Crippen molar-refractivity contribution in [1.82, 2.24) is 0 Å². The second-order valence-corrected chi connectivity index (χ2v) is 7.23. The zero-order valence-electron chi connectivity index (χ0n) is 12.8. The molecule has 1 N–H and O–H groups in total. The summed E-state index contributed by atoms with van der Waals surface area (Å²) in [4.78, 5) is 10.6. The van der Waals surface area contributed by atoms with Gasteiger partial charge >= 0.3 is 5.97 Å². The Hall–Kier alpha value is -0.653. The van der Waals surface area contributed by atoms with Crippen LogP contribution in [0.1, 0.15) is 47.5 Å². The monoisotopic (exact) mass is 288 g/mol. The third-order valence-corrected chi connectivity index (χ3v) is 4.29. The maximum atomic E-state index is 10.6. The summed E-state index contributed by atoms with van der Waals surface area (Å²) < 4.78 is 11.5. The highest BCUT2D eigenvalue weighted by atomic mass is 28.2. The summed E-state index contributed by atoms with van der Waals surface area (Å²) in [5.41, 5.74) is 0.426. The van der Waals surface area contributed by atoms with Gasteiger partial charge in [0.05, 0.1) is 21.7 Å². The van der Waals surface area contributed by atoms with E-state index in [0.29, 0.717) is 5.57 Å². The van der Waals surface area contributed by atoms with E-state index in [9.17, 15) is 4.79 Å². The minimum Gasteiger partial charge on any atom is -0.478 e. The number of aliphatic carboxylic acids is 1. The summed E-state index contributed by atoms with van der Waals surface area (Å²) in [7, 11) is -0.446. The number of carboxylic acid groups (broad SMARTS) is 1. The summed E-state index contributed by atoms with van der Waals surface area (Å²) >= 11 is 0. The van der Waals surface area contributed by atoms with Crippen LogP contribution in [0.4, 0.5) is 0 Å². The van der Waals surface area contributed by atoms with E-state index in [1.165, 1.54) is 0 Å². The second-order valence-electron chi connectivity index (χ2n) is 5.28. The summed E-state index contributed by atoms with van der Waals surface area (Å²) in [5.74, 6) is -0.856. The van der Waals surface area contributed by atoms with Crippen LogP contribution >= 0.6 is 0 Å². The fourth-order valence-corrected chi connectivity index (χ4v) is 3.59. The molecule has 0 atom stereocenters. The highest BCUT2D eigenvalue weighted by Gasteiger charge is 2.13. The average Bonchev–Trinajstić information content (AvgIpc) is 2.26. The lowest BCUT2D eigenvalue weighted by Crippen LogP contribution is -2.30. The van der Waals surface area contributed by atoms with Crippen molar-refractivity contribution in [3.63, 3.8) is 0 Å². The Morgan fingerprint density at radius 1 is 1.21 bits per heavy atom. The van der Waals surface area contributed by atoms with E-state index >= 15 is 0 Å². The smallest absolute Gasteiger partial charge is 0.330 e. The molecule has 0 amide bonds. The Bertz CT molecular complexity index is 277. The lowest BCUT2D eigenvalue weighted by atomic mass is 10.2. The predicted octanol–water partition coefficient (Wildman–Crippen LogP) is 2.52. The molecular weight excluding hydrogens is 260 g/mol. The molecule has 19 heavy (non-hydrogen) atoms. The van der Waals surface area contributed by atoms with E-state index in [0.717, 1.165) is 18.9 Å². The van der Waals surface area contributed by atoms with Crippen LogP contribution in [0, 0.1) is 0 Å². The lowest BCUT2D eigenvalue weighted by molar-refractivity contribution is -0.134. The first-order chi connectivity index (χ1) is 8.82. The number of rotatable bonds is 10. The van der Waals surface area contributed by atoms with Crippen LogP contribution in [0.5, 0.6) is 0 Å². The molecular formula is C14H28O4Si. The van der Waals surface area contributed by atoms with Crippen molar-refractivity contribution >= 4 is 15.5 Å². The Labute approximate surface area is 119 Å². The van der Waals surface area contributed by atoms with Crippen LogP contribution in [-0.4, -0.2) is 38.7 Å². The maximum Gasteiger partial charge on any atom is 0.330 e. The van der Waals surface area contributed by atoms with E-state index < -0.39 is 15.5 Å². The molecule has 5 heteroatoms. The zero-order valence-corrected chi connectivity index (χ0v) is 14.2. The van der Waals surface area contributed by atoms with Crippen molar-refractivity contribution < 1.29 is 19.4 Å². The average molecular weight is 288 g/mol. The number of allylic oxidation sites excluding steroid dienone is 1. The zero-order chi connectivity index (χ0) is 14.8. The summed E-state index contributed by atoms with van der Waals surface area (Å²) in [6, 6.07) is 1.10. The van der Waals surface area contributed by atoms with Crippen LogP contribution < -0.4 is 0 Å². The fourth-order valence-electron chi connectivity index (χ4n) is 1.64. The van der Waals surface area contributed by atoms with Gasteiger partial charge in [-0.15, -0.1) is 0 Å². The predicted molar refractivity (Wildman–Crippen MR) is 80.2 cm³/mol. The van der Waals surface area contributed by atoms with Crippen LogP contribution in [0.25, 0.3) is 0 Å². The van der Waals surface area contributed by atoms with Gasteiger partial charge < -0.3 is 14.6 Å². The molecule has 0 unspecified atom stereocenters. The number of carbonyl (C=O) groups is 1. The Balaban J connectivity index is 3.92. The van der Waals surface area contributed by atoms with Gasteiger partial charge in [0, 0.05) is 5.57 Å². The highest BCUT2D eigenvalue weighted by Crippen LogP contribution is 2.08. The van der Waals surface area contributed by atoms with E-state index in [1.54, 1.807) is 13.0 Å². The van der Waals surface area contributed by atoms with Crippen molar-refractivity contribution in [2.24, 2.45) is 0 Å². The molecule has 0 rings (SSSR count). The van der Waals surface area contributed by atoms with Gasteiger partial charge in [-0.3, -0.25) is 0 Å². The molecule has 0 aliphatic heterocycles. The molecule has 0 bridgehead atoms. The normalized spacial score (nSPS) is 13.4. The van der Waals surface area contributed by atoms with Crippen LogP contribution in [-0.2, 0) is 14.3 Å². The molecule has 0 heterocycles. The number of carboxylic acids is 1. The quantitative estimate of drug-likeness (QED) is 0.290. The first-order valence-corrected chi connectivity index (χ1v) is 8.85. The SMILES string of the molecule is CC(=CCCC[SiH2]C(OC(C)C)OC(C)C)C(=O)O. The minimum atomic E-state index is -0.832.